The van der Waals surface area contributed by atoms with Gasteiger partial charge in [-0.25, -0.2) is 4.79 Å². The summed E-state index contributed by atoms with van der Waals surface area (Å²) in [5.41, 5.74) is -0.201. The lowest BCUT2D eigenvalue weighted by Gasteiger charge is -2.32. The SMILES string of the molecule is CCCCCNC(=O)C(c1cccc(O)c1)N(CC)C(=O)C(C)NC(=O)OC(C)(C)C. The van der Waals surface area contributed by atoms with E-state index < -0.39 is 29.7 Å². The van der Waals surface area contributed by atoms with Gasteiger partial charge in [-0.2, -0.15) is 0 Å². The first-order valence-corrected chi connectivity index (χ1v) is 10.9. The molecule has 8 nitrogen and oxygen atoms in total. The second-order valence-corrected chi connectivity index (χ2v) is 8.49. The lowest BCUT2D eigenvalue weighted by Crippen LogP contribution is -2.51. The van der Waals surface area contributed by atoms with Crippen molar-refractivity contribution in [1.82, 2.24) is 15.5 Å². The molecule has 1 rings (SSSR count). The molecule has 3 amide bonds. The predicted molar refractivity (Wildman–Crippen MR) is 120 cm³/mol. The number of alkyl carbamates (subject to hydrolysis) is 1. The third-order valence-electron chi connectivity index (χ3n) is 4.55. The highest BCUT2D eigenvalue weighted by atomic mass is 16.6. The Balaban J connectivity index is 3.08. The van der Waals surface area contributed by atoms with E-state index in [1.165, 1.54) is 17.0 Å². The predicted octanol–water partition coefficient (Wildman–Crippen LogP) is 3.50. The Morgan fingerprint density at radius 1 is 1.16 bits per heavy atom. The molecule has 0 bridgehead atoms. The van der Waals surface area contributed by atoms with Gasteiger partial charge in [0.1, 0.15) is 23.4 Å². The molecule has 2 unspecified atom stereocenters. The quantitative estimate of drug-likeness (QED) is 0.488. The van der Waals surface area contributed by atoms with Gasteiger partial charge in [0.15, 0.2) is 0 Å². The van der Waals surface area contributed by atoms with Gasteiger partial charge in [0.2, 0.25) is 11.8 Å². The number of hydrogen-bond donors (Lipinski definition) is 3. The average molecular weight is 436 g/mol. The summed E-state index contributed by atoms with van der Waals surface area (Å²) in [6, 6.07) is 4.46. The maximum Gasteiger partial charge on any atom is 0.408 e. The molecular weight excluding hydrogens is 398 g/mol. The minimum atomic E-state index is -0.936. The van der Waals surface area contributed by atoms with Gasteiger partial charge >= 0.3 is 6.09 Å². The number of amides is 3. The summed E-state index contributed by atoms with van der Waals surface area (Å²) in [6.45, 7) is 11.3. The number of carbonyl (C=O) groups is 3. The van der Waals surface area contributed by atoms with Gasteiger partial charge in [-0.1, -0.05) is 31.9 Å². The highest BCUT2D eigenvalue weighted by molar-refractivity contribution is 5.92. The van der Waals surface area contributed by atoms with Crippen molar-refractivity contribution in [2.24, 2.45) is 0 Å². The van der Waals surface area contributed by atoms with Gasteiger partial charge in [-0.15, -0.1) is 0 Å². The first kappa shape index (κ1) is 26.3. The maximum absolute atomic E-state index is 13.2. The van der Waals surface area contributed by atoms with Crippen LogP contribution in [0.1, 0.15) is 72.4 Å². The second-order valence-electron chi connectivity index (χ2n) is 8.49. The lowest BCUT2D eigenvalue weighted by atomic mass is 10.0. The number of benzene rings is 1. The van der Waals surface area contributed by atoms with Gasteiger partial charge in [-0.3, -0.25) is 9.59 Å². The monoisotopic (exact) mass is 435 g/mol. The lowest BCUT2D eigenvalue weighted by molar-refractivity contribution is -0.141. The third kappa shape index (κ3) is 8.86. The fourth-order valence-corrected chi connectivity index (χ4v) is 3.11. The first-order chi connectivity index (χ1) is 14.5. The molecule has 0 aliphatic rings. The first-order valence-electron chi connectivity index (χ1n) is 10.9. The number of nitrogens with zero attached hydrogens (tertiary/aromatic N) is 1. The van der Waals surface area contributed by atoms with Gasteiger partial charge in [-0.05, 0) is 58.7 Å². The molecule has 0 aromatic heterocycles. The number of aromatic hydroxyl groups is 1. The Bertz CT molecular complexity index is 745. The van der Waals surface area contributed by atoms with Crippen LogP contribution in [0.4, 0.5) is 4.79 Å². The van der Waals surface area contributed by atoms with Crippen molar-refractivity contribution in [2.45, 2.75) is 78.5 Å². The van der Waals surface area contributed by atoms with Crippen molar-refractivity contribution in [3.63, 3.8) is 0 Å². The third-order valence-corrected chi connectivity index (χ3v) is 4.55. The molecule has 0 spiro atoms. The number of rotatable bonds is 10. The molecule has 0 radical (unpaired) electrons. The van der Waals surface area contributed by atoms with Gasteiger partial charge in [0.25, 0.3) is 0 Å². The molecule has 0 aliphatic heterocycles. The smallest absolute Gasteiger partial charge is 0.408 e. The molecule has 8 heteroatoms. The van der Waals surface area contributed by atoms with E-state index >= 15 is 0 Å². The van der Waals surface area contributed by atoms with Crippen LogP contribution in [0.15, 0.2) is 24.3 Å². The maximum atomic E-state index is 13.2. The Kier molecular flexibility index (Phi) is 10.3. The molecular formula is C23H37N3O5. The summed E-state index contributed by atoms with van der Waals surface area (Å²) in [6.07, 6.45) is 2.15. The molecule has 0 saturated heterocycles. The number of ether oxygens (including phenoxy) is 1. The fourth-order valence-electron chi connectivity index (χ4n) is 3.11. The molecule has 31 heavy (non-hydrogen) atoms. The Morgan fingerprint density at radius 2 is 1.84 bits per heavy atom. The van der Waals surface area contributed by atoms with E-state index in [4.69, 9.17) is 4.74 Å². The largest absolute Gasteiger partial charge is 0.508 e. The highest BCUT2D eigenvalue weighted by Gasteiger charge is 2.33. The number of carbonyl (C=O) groups excluding carboxylic acids is 3. The molecule has 0 saturated carbocycles. The van der Waals surface area contributed by atoms with Crippen molar-refractivity contribution in [3.05, 3.63) is 29.8 Å². The molecule has 2 atom stereocenters. The minimum Gasteiger partial charge on any atom is -0.508 e. The van der Waals surface area contributed by atoms with Crippen LogP contribution in [0.3, 0.4) is 0 Å². The van der Waals surface area contributed by atoms with Crippen LogP contribution in [0.2, 0.25) is 0 Å². The standard InChI is InChI=1S/C23H37N3O5/c1-7-9-10-14-24-20(28)19(17-12-11-13-18(27)15-17)26(8-2)21(29)16(3)25-22(30)31-23(4,5)6/h11-13,15-16,19,27H,7-10,14H2,1-6H3,(H,24,28)(H,25,30). The summed E-state index contributed by atoms with van der Waals surface area (Å²) in [5.74, 6) is -0.753. The van der Waals surface area contributed by atoms with Crippen LogP contribution >= 0.6 is 0 Å². The van der Waals surface area contributed by atoms with Crippen molar-refractivity contribution >= 4 is 17.9 Å². The highest BCUT2D eigenvalue weighted by Crippen LogP contribution is 2.25. The van der Waals surface area contributed by atoms with E-state index in [1.807, 2.05) is 0 Å². The molecule has 1 aromatic carbocycles. The molecule has 0 fully saturated rings. The Labute approximate surface area is 185 Å². The second kappa shape index (κ2) is 12.2. The molecule has 3 N–H and O–H groups in total. The Morgan fingerprint density at radius 3 is 2.39 bits per heavy atom. The van der Waals surface area contributed by atoms with E-state index in [-0.39, 0.29) is 18.2 Å². The normalized spacial score (nSPS) is 13.1. The molecule has 0 aliphatic carbocycles. The van der Waals surface area contributed by atoms with E-state index in [9.17, 15) is 19.5 Å². The molecule has 0 heterocycles. The van der Waals surface area contributed by atoms with Crippen molar-refractivity contribution in [3.8, 4) is 5.75 Å². The van der Waals surface area contributed by atoms with Crippen molar-refractivity contribution < 1.29 is 24.2 Å². The van der Waals surface area contributed by atoms with Crippen LogP contribution in [-0.4, -0.2) is 52.6 Å². The summed E-state index contributed by atoms with van der Waals surface area (Å²) in [7, 11) is 0. The van der Waals surface area contributed by atoms with Crippen LogP contribution in [0.25, 0.3) is 0 Å². The number of nitrogens with one attached hydrogen (secondary N) is 2. The summed E-state index contributed by atoms with van der Waals surface area (Å²) in [5, 5.41) is 15.3. The van der Waals surface area contributed by atoms with E-state index in [0.29, 0.717) is 12.1 Å². The van der Waals surface area contributed by atoms with E-state index in [2.05, 4.69) is 17.6 Å². The zero-order valence-corrected chi connectivity index (χ0v) is 19.5. The van der Waals surface area contributed by atoms with Crippen LogP contribution in [0.5, 0.6) is 5.75 Å². The Hall–Kier alpha value is -2.77. The van der Waals surface area contributed by atoms with Crippen molar-refractivity contribution in [1.29, 1.82) is 0 Å². The molecule has 1 aromatic rings. The fraction of sp³-hybridized carbons (Fsp3) is 0.609. The molecule has 174 valence electrons. The van der Waals surface area contributed by atoms with Crippen LogP contribution < -0.4 is 10.6 Å². The zero-order chi connectivity index (χ0) is 23.6. The van der Waals surface area contributed by atoms with Gasteiger partial charge in [0.05, 0.1) is 0 Å². The van der Waals surface area contributed by atoms with Crippen LogP contribution in [0, 0.1) is 0 Å². The number of phenols is 1. The summed E-state index contributed by atoms with van der Waals surface area (Å²) in [4.78, 5) is 39.7. The van der Waals surface area contributed by atoms with Crippen molar-refractivity contribution in [2.75, 3.05) is 13.1 Å². The number of hydrogen-bond acceptors (Lipinski definition) is 5. The van der Waals surface area contributed by atoms with Crippen LogP contribution in [-0.2, 0) is 14.3 Å². The van der Waals surface area contributed by atoms with E-state index in [0.717, 1.165) is 19.3 Å². The average Bonchev–Trinajstić information content (AvgIpc) is 2.67. The summed E-state index contributed by atoms with van der Waals surface area (Å²) < 4.78 is 5.22. The summed E-state index contributed by atoms with van der Waals surface area (Å²) >= 11 is 0. The van der Waals surface area contributed by atoms with E-state index in [1.54, 1.807) is 46.8 Å². The van der Waals surface area contributed by atoms with Gasteiger partial charge < -0.3 is 25.4 Å². The minimum absolute atomic E-state index is 0.00436. The van der Waals surface area contributed by atoms with Gasteiger partial charge in [0, 0.05) is 13.1 Å². The number of unbranched alkanes of at least 4 members (excludes halogenated alkanes) is 2. The topological polar surface area (TPSA) is 108 Å². The number of phenolic OH excluding ortho intramolecular Hbond substituents is 1. The zero-order valence-electron chi connectivity index (χ0n) is 19.5. The number of likely N-dealkylation sites (N-methyl/N-ethyl adjacent to an activating group) is 1.